The van der Waals surface area contributed by atoms with Crippen molar-refractivity contribution in [2.75, 3.05) is 7.11 Å². The van der Waals surface area contributed by atoms with Gasteiger partial charge in [0.05, 0.1) is 18.4 Å². The number of hydrogen-bond acceptors (Lipinski definition) is 4. The van der Waals surface area contributed by atoms with Crippen LogP contribution in [0.1, 0.15) is 29.9 Å². The van der Waals surface area contributed by atoms with Gasteiger partial charge in [0.25, 0.3) is 0 Å². The number of aryl methyl sites for hydroxylation is 1. The first kappa shape index (κ1) is 13.1. The zero-order chi connectivity index (χ0) is 14.9. The van der Waals surface area contributed by atoms with Gasteiger partial charge in [0.15, 0.2) is 0 Å². The molecule has 1 aliphatic rings. The molecule has 0 spiro atoms. The highest BCUT2D eigenvalue weighted by molar-refractivity contribution is 5.88. The standard InChI is InChI=1S/C18H16N2O2/c1-21-18-17-13(7-3-4-8-14(17)19-11-20-18)16-10-12-6-2-5-9-15(12)22-16/h2,5-7,9-11H,3-4,8H2,1H3. The first-order valence-corrected chi connectivity index (χ1v) is 7.44. The van der Waals surface area contributed by atoms with Crippen LogP contribution < -0.4 is 4.74 Å². The maximum Gasteiger partial charge on any atom is 0.224 e. The number of aromatic nitrogens is 2. The molecule has 0 atom stereocenters. The van der Waals surface area contributed by atoms with Gasteiger partial charge in [0.1, 0.15) is 17.7 Å². The highest BCUT2D eigenvalue weighted by Gasteiger charge is 2.22. The summed E-state index contributed by atoms with van der Waals surface area (Å²) >= 11 is 0. The van der Waals surface area contributed by atoms with Crippen LogP contribution in [0.25, 0.3) is 16.5 Å². The molecule has 4 heteroatoms. The molecule has 0 fully saturated rings. The predicted molar refractivity (Wildman–Crippen MR) is 84.8 cm³/mol. The lowest BCUT2D eigenvalue weighted by Crippen LogP contribution is -2.02. The number of fused-ring (bicyclic) bond motifs is 2. The van der Waals surface area contributed by atoms with Gasteiger partial charge in [0.2, 0.25) is 5.88 Å². The van der Waals surface area contributed by atoms with Crippen LogP contribution in [0.15, 0.2) is 47.2 Å². The van der Waals surface area contributed by atoms with Gasteiger partial charge in [-0.2, -0.15) is 0 Å². The number of nitrogens with zero attached hydrogens (tertiary/aromatic N) is 2. The highest BCUT2D eigenvalue weighted by atomic mass is 16.5. The van der Waals surface area contributed by atoms with Gasteiger partial charge < -0.3 is 9.15 Å². The van der Waals surface area contributed by atoms with Crippen LogP contribution in [-0.4, -0.2) is 17.1 Å². The summed E-state index contributed by atoms with van der Waals surface area (Å²) in [6.45, 7) is 0. The van der Waals surface area contributed by atoms with E-state index in [0.717, 1.165) is 52.8 Å². The third kappa shape index (κ3) is 2.08. The van der Waals surface area contributed by atoms with Gasteiger partial charge in [-0.25, -0.2) is 9.97 Å². The molecule has 0 unspecified atom stereocenters. The van der Waals surface area contributed by atoms with Crippen molar-refractivity contribution in [1.29, 1.82) is 0 Å². The van der Waals surface area contributed by atoms with Crippen LogP contribution in [0.3, 0.4) is 0 Å². The molecule has 2 heterocycles. The van der Waals surface area contributed by atoms with Crippen LogP contribution in [-0.2, 0) is 6.42 Å². The summed E-state index contributed by atoms with van der Waals surface area (Å²) in [5.74, 6) is 1.45. The zero-order valence-corrected chi connectivity index (χ0v) is 12.4. The topological polar surface area (TPSA) is 48.2 Å². The van der Waals surface area contributed by atoms with E-state index in [-0.39, 0.29) is 0 Å². The van der Waals surface area contributed by atoms with Gasteiger partial charge in [-0.1, -0.05) is 24.3 Å². The molecule has 0 radical (unpaired) electrons. The van der Waals surface area contributed by atoms with Crippen LogP contribution in [0, 0.1) is 0 Å². The summed E-state index contributed by atoms with van der Waals surface area (Å²) in [6.07, 6.45) is 6.76. The second-order valence-electron chi connectivity index (χ2n) is 5.36. The molecule has 110 valence electrons. The summed E-state index contributed by atoms with van der Waals surface area (Å²) in [6, 6.07) is 10.1. The average Bonchev–Trinajstić information content (AvgIpc) is 2.86. The number of ether oxygens (including phenoxy) is 1. The van der Waals surface area contributed by atoms with Gasteiger partial charge in [-0.3, -0.25) is 0 Å². The number of methoxy groups -OCH3 is 1. The van der Waals surface area contributed by atoms with Crippen LogP contribution in [0.4, 0.5) is 0 Å². The molecule has 1 aliphatic carbocycles. The fraction of sp³-hybridized carbons (Fsp3) is 0.222. The number of rotatable bonds is 2. The largest absolute Gasteiger partial charge is 0.480 e. The van der Waals surface area contributed by atoms with Crippen molar-refractivity contribution in [2.24, 2.45) is 0 Å². The SMILES string of the molecule is COc1ncnc2c1C(c1cc3ccccc3o1)=CCCC2. The van der Waals surface area contributed by atoms with Gasteiger partial charge >= 0.3 is 0 Å². The first-order valence-electron chi connectivity index (χ1n) is 7.44. The molecule has 0 saturated heterocycles. The van der Waals surface area contributed by atoms with Crippen molar-refractivity contribution in [3.05, 3.63) is 59.8 Å². The van der Waals surface area contributed by atoms with Gasteiger partial charge in [0, 0.05) is 11.0 Å². The summed E-state index contributed by atoms with van der Waals surface area (Å²) in [4.78, 5) is 8.71. The van der Waals surface area contributed by atoms with E-state index in [0.29, 0.717) is 5.88 Å². The Morgan fingerprint density at radius 2 is 2.09 bits per heavy atom. The van der Waals surface area contributed by atoms with E-state index in [9.17, 15) is 0 Å². The normalized spacial score (nSPS) is 14.3. The lowest BCUT2D eigenvalue weighted by molar-refractivity contribution is 0.394. The van der Waals surface area contributed by atoms with Gasteiger partial charge in [-0.15, -0.1) is 0 Å². The van der Waals surface area contributed by atoms with E-state index in [1.54, 1.807) is 13.4 Å². The average molecular weight is 292 g/mol. The van der Waals surface area contributed by atoms with Crippen LogP contribution in [0.2, 0.25) is 0 Å². The minimum atomic E-state index is 0.610. The Balaban J connectivity index is 1.93. The fourth-order valence-electron chi connectivity index (χ4n) is 2.97. The zero-order valence-electron chi connectivity index (χ0n) is 12.4. The number of hydrogen-bond donors (Lipinski definition) is 0. The Kier molecular flexibility index (Phi) is 3.15. The van der Waals surface area contributed by atoms with Crippen LogP contribution >= 0.6 is 0 Å². The molecule has 0 aliphatic heterocycles. The number of furan rings is 1. The Morgan fingerprint density at radius 3 is 2.95 bits per heavy atom. The molecule has 0 bridgehead atoms. The predicted octanol–water partition coefficient (Wildman–Crippen LogP) is 4.00. The lowest BCUT2D eigenvalue weighted by atomic mass is 10.0. The summed E-state index contributed by atoms with van der Waals surface area (Å²) < 4.78 is 11.5. The highest BCUT2D eigenvalue weighted by Crippen LogP contribution is 2.37. The monoisotopic (exact) mass is 292 g/mol. The molecule has 2 aromatic heterocycles. The lowest BCUT2D eigenvalue weighted by Gasteiger charge is -2.11. The number of para-hydroxylation sites is 1. The Morgan fingerprint density at radius 1 is 1.18 bits per heavy atom. The summed E-state index contributed by atoms with van der Waals surface area (Å²) in [5.41, 5.74) is 3.90. The second kappa shape index (κ2) is 5.30. The van der Waals surface area contributed by atoms with Crippen molar-refractivity contribution in [3.63, 3.8) is 0 Å². The van der Waals surface area contributed by atoms with E-state index >= 15 is 0 Å². The van der Waals surface area contributed by atoms with Crippen LogP contribution in [0.5, 0.6) is 5.88 Å². The molecule has 0 saturated carbocycles. The van der Waals surface area contributed by atoms with E-state index < -0.39 is 0 Å². The maximum atomic E-state index is 6.04. The molecule has 0 N–H and O–H groups in total. The second-order valence-corrected chi connectivity index (χ2v) is 5.36. The van der Waals surface area contributed by atoms with Gasteiger partial charge in [-0.05, 0) is 31.4 Å². The Labute approximate surface area is 128 Å². The molecule has 0 amide bonds. The quantitative estimate of drug-likeness (QED) is 0.716. The van der Waals surface area contributed by atoms with E-state index in [4.69, 9.17) is 9.15 Å². The van der Waals surface area contributed by atoms with E-state index in [1.165, 1.54) is 0 Å². The fourth-order valence-corrected chi connectivity index (χ4v) is 2.97. The minimum Gasteiger partial charge on any atom is -0.480 e. The molecule has 4 rings (SSSR count). The molecule has 4 nitrogen and oxygen atoms in total. The summed E-state index contributed by atoms with van der Waals surface area (Å²) in [5, 5.41) is 1.10. The third-order valence-electron chi connectivity index (χ3n) is 4.01. The molecular formula is C18H16N2O2. The Hall–Kier alpha value is -2.62. The van der Waals surface area contributed by atoms with Crippen molar-refractivity contribution in [2.45, 2.75) is 19.3 Å². The minimum absolute atomic E-state index is 0.610. The van der Waals surface area contributed by atoms with Crippen molar-refractivity contribution in [3.8, 4) is 5.88 Å². The molecule has 1 aromatic carbocycles. The molecule has 22 heavy (non-hydrogen) atoms. The number of benzene rings is 1. The number of allylic oxidation sites excluding steroid dienone is 1. The molecule has 3 aromatic rings. The first-order chi connectivity index (χ1) is 10.9. The van der Waals surface area contributed by atoms with Crippen molar-refractivity contribution >= 4 is 16.5 Å². The Bertz CT molecular complexity index is 831. The van der Waals surface area contributed by atoms with Crippen molar-refractivity contribution in [1.82, 2.24) is 9.97 Å². The third-order valence-corrected chi connectivity index (χ3v) is 4.01. The maximum absolute atomic E-state index is 6.04. The van der Waals surface area contributed by atoms with E-state index in [2.05, 4.69) is 28.2 Å². The molecular weight excluding hydrogens is 276 g/mol. The van der Waals surface area contributed by atoms with E-state index in [1.807, 2.05) is 18.2 Å². The smallest absolute Gasteiger partial charge is 0.224 e. The van der Waals surface area contributed by atoms with Crippen molar-refractivity contribution < 1.29 is 9.15 Å². The summed E-state index contributed by atoms with van der Waals surface area (Å²) in [7, 11) is 1.64.